The Balaban J connectivity index is 1.56. The average Bonchev–Trinajstić information content (AvgIpc) is 3.17. The van der Waals surface area contributed by atoms with E-state index in [1.165, 1.54) is 0 Å². The minimum Gasteiger partial charge on any atom is -0.455 e. The molecule has 0 unspecified atom stereocenters. The molecule has 0 fully saturated rings. The van der Waals surface area contributed by atoms with Gasteiger partial charge in [-0.05, 0) is 47.7 Å². The molecule has 3 nitrogen and oxygen atoms in total. The normalized spacial score (nSPS) is 13.4. The minimum atomic E-state index is -1.52. The molecule has 0 atom stereocenters. The van der Waals surface area contributed by atoms with Crippen LogP contribution in [0.25, 0.3) is 44.3 Å². The lowest BCUT2D eigenvalue weighted by Crippen LogP contribution is -2.10. The van der Waals surface area contributed by atoms with Gasteiger partial charge in [0.1, 0.15) is 11.2 Å². The monoisotopic (exact) mass is 394 g/mol. The maximum atomic E-state index is 8.45. The van der Waals surface area contributed by atoms with Crippen molar-refractivity contribution in [1.82, 2.24) is 9.97 Å². The summed E-state index contributed by atoms with van der Waals surface area (Å²) in [5, 5.41) is 2.16. The van der Waals surface area contributed by atoms with E-state index in [4.69, 9.17) is 7.16 Å². The van der Waals surface area contributed by atoms with Crippen LogP contribution in [0.5, 0.6) is 0 Å². The Labute approximate surface area is 179 Å². The van der Waals surface area contributed by atoms with Crippen molar-refractivity contribution in [3.8, 4) is 22.4 Å². The fourth-order valence-electron chi connectivity index (χ4n) is 3.73. The fourth-order valence-corrected chi connectivity index (χ4v) is 3.73. The SMILES string of the molecule is [2H]C([2H])(c1ccc(-c2ccnc(-c3cccc4c3oc3ccccc34)c2)cn1)C(C)(C)C. The molecule has 0 radical (unpaired) electrons. The van der Waals surface area contributed by atoms with Crippen LogP contribution in [0.1, 0.15) is 29.2 Å². The van der Waals surface area contributed by atoms with Crippen LogP contribution in [0, 0.1) is 5.41 Å². The van der Waals surface area contributed by atoms with Crippen molar-refractivity contribution in [3.63, 3.8) is 0 Å². The Morgan fingerprint density at radius 3 is 2.50 bits per heavy atom. The summed E-state index contributed by atoms with van der Waals surface area (Å²) < 4.78 is 23.1. The van der Waals surface area contributed by atoms with E-state index < -0.39 is 11.8 Å². The summed E-state index contributed by atoms with van der Waals surface area (Å²) >= 11 is 0. The maximum Gasteiger partial charge on any atom is 0.144 e. The van der Waals surface area contributed by atoms with Crippen LogP contribution < -0.4 is 0 Å². The first-order chi connectivity index (χ1) is 15.3. The van der Waals surface area contributed by atoms with Gasteiger partial charge in [-0.1, -0.05) is 57.2 Å². The van der Waals surface area contributed by atoms with Crippen LogP contribution in [0.2, 0.25) is 0 Å². The number of rotatable bonds is 3. The number of hydrogen-bond acceptors (Lipinski definition) is 3. The molecule has 0 aliphatic rings. The van der Waals surface area contributed by atoms with Crippen molar-refractivity contribution >= 4 is 21.9 Å². The van der Waals surface area contributed by atoms with Gasteiger partial charge in [-0.2, -0.15) is 0 Å². The summed E-state index contributed by atoms with van der Waals surface area (Å²) in [5.41, 5.74) is 5.23. The number of para-hydroxylation sites is 2. The van der Waals surface area contributed by atoms with E-state index in [0.717, 1.165) is 44.3 Å². The van der Waals surface area contributed by atoms with Crippen LogP contribution in [0.3, 0.4) is 0 Å². The first kappa shape index (κ1) is 16.3. The zero-order valence-electron chi connectivity index (χ0n) is 19.3. The third-order valence-corrected chi connectivity index (χ3v) is 5.04. The minimum absolute atomic E-state index is 0.440. The first-order valence-electron chi connectivity index (χ1n) is 11.1. The summed E-state index contributed by atoms with van der Waals surface area (Å²) in [4.78, 5) is 9.06. The molecule has 148 valence electrons. The number of fused-ring (bicyclic) bond motifs is 3. The van der Waals surface area contributed by atoms with Crippen LogP contribution in [0.15, 0.2) is 83.5 Å². The van der Waals surface area contributed by atoms with Crippen LogP contribution in [0.4, 0.5) is 0 Å². The van der Waals surface area contributed by atoms with Crippen LogP contribution in [-0.2, 0) is 6.37 Å². The van der Waals surface area contributed by atoms with Crippen molar-refractivity contribution in [2.45, 2.75) is 27.1 Å². The third kappa shape index (κ3) is 3.48. The summed E-state index contributed by atoms with van der Waals surface area (Å²) in [5.74, 6) is 0. The van der Waals surface area contributed by atoms with Crippen molar-refractivity contribution in [3.05, 3.63) is 84.8 Å². The summed E-state index contributed by atoms with van der Waals surface area (Å²) in [6, 6.07) is 21.8. The smallest absolute Gasteiger partial charge is 0.144 e. The van der Waals surface area contributed by atoms with Gasteiger partial charge in [0.15, 0.2) is 0 Å². The highest BCUT2D eigenvalue weighted by Crippen LogP contribution is 2.35. The molecular weight excluding hydrogens is 368 g/mol. The highest BCUT2D eigenvalue weighted by Gasteiger charge is 2.14. The predicted octanol–water partition coefficient (Wildman–Crippen LogP) is 7.30. The molecule has 30 heavy (non-hydrogen) atoms. The van der Waals surface area contributed by atoms with E-state index >= 15 is 0 Å². The Kier molecular flexibility index (Phi) is 3.87. The van der Waals surface area contributed by atoms with E-state index in [0.29, 0.717) is 5.69 Å². The van der Waals surface area contributed by atoms with Gasteiger partial charge in [-0.25, -0.2) is 0 Å². The van der Waals surface area contributed by atoms with Crippen molar-refractivity contribution < 1.29 is 7.16 Å². The van der Waals surface area contributed by atoms with Gasteiger partial charge < -0.3 is 4.42 Å². The molecule has 0 aliphatic heterocycles. The van der Waals surface area contributed by atoms with Gasteiger partial charge in [0.2, 0.25) is 0 Å². The molecule has 0 saturated heterocycles. The summed E-state index contributed by atoms with van der Waals surface area (Å²) in [7, 11) is 0. The molecular formula is C27H24N2O. The van der Waals surface area contributed by atoms with Gasteiger partial charge >= 0.3 is 0 Å². The number of nitrogens with zero attached hydrogens (tertiary/aromatic N) is 2. The molecule has 0 aliphatic carbocycles. The summed E-state index contributed by atoms with van der Waals surface area (Å²) in [6.45, 7) is 5.66. The van der Waals surface area contributed by atoms with Gasteiger partial charge in [0.05, 0.1) is 5.69 Å². The van der Waals surface area contributed by atoms with E-state index in [1.807, 2.05) is 69.3 Å². The Hall–Kier alpha value is -3.46. The highest BCUT2D eigenvalue weighted by molar-refractivity contribution is 6.09. The number of benzene rings is 2. The molecule has 0 saturated carbocycles. The molecule has 0 amide bonds. The first-order valence-corrected chi connectivity index (χ1v) is 10.1. The topological polar surface area (TPSA) is 38.9 Å². The van der Waals surface area contributed by atoms with Gasteiger partial charge in [0, 0.05) is 42.7 Å². The van der Waals surface area contributed by atoms with Gasteiger partial charge in [0.25, 0.3) is 0 Å². The van der Waals surface area contributed by atoms with Crippen molar-refractivity contribution in [2.75, 3.05) is 0 Å². The number of hydrogen-bond donors (Lipinski definition) is 0. The molecule has 3 heterocycles. The Bertz CT molecular complexity index is 1430. The molecule has 0 N–H and O–H groups in total. The molecule has 2 aromatic carbocycles. The number of furan rings is 1. The van der Waals surface area contributed by atoms with Crippen LogP contribution in [-0.4, -0.2) is 9.97 Å². The predicted molar refractivity (Wildman–Crippen MR) is 123 cm³/mol. The second-order valence-corrected chi connectivity index (χ2v) is 8.52. The van der Waals surface area contributed by atoms with E-state index in [1.54, 1.807) is 18.5 Å². The zero-order valence-corrected chi connectivity index (χ0v) is 17.3. The molecule has 5 rings (SSSR count). The molecule has 3 heteroatoms. The van der Waals surface area contributed by atoms with Gasteiger partial charge in [-0.3, -0.25) is 9.97 Å². The lowest BCUT2D eigenvalue weighted by Gasteiger charge is -2.17. The standard InChI is InChI=1S/C27H24N2O/c1-27(2,3)16-20-12-11-19(17-29-20)18-13-14-28-24(15-18)23-9-6-8-22-21-7-4-5-10-25(21)30-26(22)23/h4-15,17H,16H2,1-3H3/i16D2. The molecule has 5 aromatic rings. The molecule has 0 bridgehead atoms. The maximum absolute atomic E-state index is 8.45. The Morgan fingerprint density at radius 2 is 1.70 bits per heavy atom. The van der Waals surface area contributed by atoms with E-state index in [-0.39, 0.29) is 0 Å². The number of aromatic nitrogens is 2. The summed E-state index contributed by atoms with van der Waals surface area (Å²) in [6.07, 6.45) is 2.00. The van der Waals surface area contributed by atoms with E-state index in [9.17, 15) is 0 Å². The number of pyridine rings is 2. The fraction of sp³-hybridized carbons (Fsp3) is 0.185. The third-order valence-electron chi connectivity index (χ3n) is 5.04. The van der Waals surface area contributed by atoms with E-state index in [2.05, 4.69) is 22.1 Å². The molecule has 0 spiro atoms. The van der Waals surface area contributed by atoms with Crippen LogP contribution >= 0.6 is 0 Å². The molecule has 3 aromatic heterocycles. The lowest BCUT2D eigenvalue weighted by atomic mass is 9.90. The van der Waals surface area contributed by atoms with Gasteiger partial charge in [-0.15, -0.1) is 0 Å². The zero-order chi connectivity index (χ0) is 22.5. The largest absolute Gasteiger partial charge is 0.455 e. The highest BCUT2D eigenvalue weighted by atomic mass is 16.3. The Morgan fingerprint density at radius 1 is 0.867 bits per heavy atom. The van der Waals surface area contributed by atoms with Crippen molar-refractivity contribution in [1.29, 1.82) is 0 Å². The lowest BCUT2D eigenvalue weighted by molar-refractivity contribution is 0.406. The average molecular weight is 395 g/mol. The quantitative estimate of drug-likeness (QED) is 0.322. The second kappa shape index (κ2) is 7.10. The second-order valence-electron chi connectivity index (χ2n) is 8.52. The van der Waals surface area contributed by atoms with Crippen molar-refractivity contribution in [2.24, 2.45) is 5.41 Å².